The molecule has 1 atom stereocenters. The molecule has 0 aliphatic carbocycles. The minimum absolute atomic E-state index is 0. The molecule has 0 aromatic heterocycles. The van der Waals surface area contributed by atoms with Crippen molar-refractivity contribution in [3.63, 3.8) is 0 Å². The number of halogens is 1. The van der Waals surface area contributed by atoms with E-state index in [0.29, 0.717) is 13.2 Å². The third kappa shape index (κ3) is 4.11. The first-order chi connectivity index (χ1) is 8.83. The zero-order chi connectivity index (χ0) is 12.8. The average Bonchev–Trinajstić information content (AvgIpc) is 2.43. The maximum Gasteiger partial charge on any atom is 0.227 e. The lowest BCUT2D eigenvalue weighted by Gasteiger charge is -2.25. The fourth-order valence-corrected chi connectivity index (χ4v) is 2.19. The van der Waals surface area contributed by atoms with Gasteiger partial charge in [-0.15, -0.1) is 12.4 Å². The number of ether oxygens (including phenoxy) is 1. The summed E-state index contributed by atoms with van der Waals surface area (Å²) < 4.78 is 5.55. The zero-order valence-corrected chi connectivity index (χ0v) is 12.0. The van der Waals surface area contributed by atoms with Crippen LogP contribution in [-0.2, 0) is 4.79 Å². The number of para-hydroxylation sites is 1. The molecule has 2 N–H and O–H groups in total. The van der Waals surface area contributed by atoms with Crippen LogP contribution in [0.15, 0.2) is 24.3 Å². The summed E-state index contributed by atoms with van der Waals surface area (Å²) in [5.74, 6) is 0.871. The smallest absolute Gasteiger partial charge is 0.227 e. The molecule has 1 heterocycles. The summed E-state index contributed by atoms with van der Waals surface area (Å²) in [7, 11) is 0. The Morgan fingerprint density at radius 3 is 2.95 bits per heavy atom. The first-order valence-electron chi connectivity index (χ1n) is 6.53. The van der Waals surface area contributed by atoms with Crippen molar-refractivity contribution in [2.45, 2.75) is 19.3 Å². The van der Waals surface area contributed by atoms with E-state index >= 15 is 0 Å². The van der Waals surface area contributed by atoms with Crippen molar-refractivity contribution in [3.05, 3.63) is 29.8 Å². The Morgan fingerprint density at radius 1 is 1.37 bits per heavy atom. The molecule has 0 radical (unpaired) electrons. The lowest BCUT2D eigenvalue weighted by molar-refractivity contribution is -0.123. The molecule has 1 aromatic carbocycles. The van der Waals surface area contributed by atoms with Crippen LogP contribution in [0, 0.1) is 0 Å². The third-order valence-corrected chi connectivity index (χ3v) is 3.13. The summed E-state index contributed by atoms with van der Waals surface area (Å²) in [6.45, 7) is 5.08. The highest BCUT2D eigenvalue weighted by Gasteiger charge is 2.26. The van der Waals surface area contributed by atoms with E-state index < -0.39 is 0 Å². The van der Waals surface area contributed by atoms with E-state index in [2.05, 4.69) is 17.6 Å². The van der Waals surface area contributed by atoms with Crippen LogP contribution in [0.3, 0.4) is 0 Å². The van der Waals surface area contributed by atoms with Crippen molar-refractivity contribution in [1.29, 1.82) is 0 Å². The number of rotatable bonds is 5. The Bertz CT molecular complexity index is 412. The van der Waals surface area contributed by atoms with Gasteiger partial charge < -0.3 is 15.4 Å². The molecule has 1 aromatic rings. The maximum absolute atomic E-state index is 12.1. The SMILES string of the molecule is CCNCCNC(=O)C1CCOc2ccccc21.Cl. The van der Waals surface area contributed by atoms with Gasteiger partial charge in [-0.2, -0.15) is 0 Å². The van der Waals surface area contributed by atoms with Gasteiger partial charge in [-0.05, 0) is 19.0 Å². The summed E-state index contributed by atoms with van der Waals surface area (Å²) in [5, 5.41) is 6.16. The Hall–Kier alpha value is -1.26. The van der Waals surface area contributed by atoms with Gasteiger partial charge in [0.25, 0.3) is 0 Å². The molecule has 0 bridgehead atoms. The van der Waals surface area contributed by atoms with Crippen molar-refractivity contribution in [2.24, 2.45) is 0 Å². The molecule has 0 spiro atoms. The standard InChI is InChI=1S/C14H20N2O2.ClH/c1-2-15-8-9-16-14(17)12-7-10-18-13-6-4-3-5-11(12)13;/h3-6,12,15H,2,7-10H2,1H3,(H,16,17);1H. The second-order valence-corrected chi connectivity index (χ2v) is 4.37. The minimum Gasteiger partial charge on any atom is -0.493 e. The highest BCUT2D eigenvalue weighted by molar-refractivity contribution is 5.85. The van der Waals surface area contributed by atoms with Crippen LogP contribution in [0.2, 0.25) is 0 Å². The monoisotopic (exact) mass is 284 g/mol. The van der Waals surface area contributed by atoms with E-state index in [1.807, 2.05) is 24.3 Å². The van der Waals surface area contributed by atoms with E-state index in [9.17, 15) is 4.79 Å². The van der Waals surface area contributed by atoms with Crippen LogP contribution < -0.4 is 15.4 Å². The summed E-state index contributed by atoms with van der Waals surface area (Å²) in [5.41, 5.74) is 1.00. The number of benzene rings is 1. The second-order valence-electron chi connectivity index (χ2n) is 4.37. The minimum atomic E-state index is -0.0726. The Morgan fingerprint density at radius 2 is 2.16 bits per heavy atom. The van der Waals surface area contributed by atoms with Crippen LogP contribution in [0.5, 0.6) is 5.75 Å². The van der Waals surface area contributed by atoms with Crippen LogP contribution in [-0.4, -0.2) is 32.1 Å². The zero-order valence-electron chi connectivity index (χ0n) is 11.1. The number of fused-ring (bicyclic) bond motifs is 1. The molecule has 1 unspecified atom stereocenters. The molecule has 0 saturated heterocycles. The molecular weight excluding hydrogens is 264 g/mol. The molecule has 106 valence electrons. The quantitative estimate of drug-likeness (QED) is 0.809. The van der Waals surface area contributed by atoms with E-state index in [1.54, 1.807) is 0 Å². The number of hydrogen-bond donors (Lipinski definition) is 2. The molecule has 0 fully saturated rings. The fourth-order valence-electron chi connectivity index (χ4n) is 2.19. The van der Waals surface area contributed by atoms with Gasteiger partial charge in [0.2, 0.25) is 5.91 Å². The van der Waals surface area contributed by atoms with Gasteiger partial charge in [-0.1, -0.05) is 25.1 Å². The Balaban J connectivity index is 0.00000180. The molecule has 5 heteroatoms. The van der Waals surface area contributed by atoms with Crippen LogP contribution in [0.25, 0.3) is 0 Å². The topological polar surface area (TPSA) is 50.4 Å². The molecule has 1 aliphatic rings. The maximum atomic E-state index is 12.1. The fraction of sp³-hybridized carbons (Fsp3) is 0.500. The Labute approximate surface area is 120 Å². The van der Waals surface area contributed by atoms with Gasteiger partial charge in [-0.25, -0.2) is 0 Å². The summed E-state index contributed by atoms with van der Waals surface area (Å²) >= 11 is 0. The van der Waals surface area contributed by atoms with Gasteiger partial charge >= 0.3 is 0 Å². The summed E-state index contributed by atoms with van der Waals surface area (Å²) in [4.78, 5) is 12.1. The number of carbonyl (C=O) groups excluding carboxylic acids is 1. The first-order valence-corrected chi connectivity index (χ1v) is 6.53. The van der Waals surface area contributed by atoms with E-state index in [-0.39, 0.29) is 24.2 Å². The number of likely N-dealkylation sites (N-methyl/N-ethyl adjacent to an activating group) is 1. The van der Waals surface area contributed by atoms with Crippen molar-refractivity contribution >= 4 is 18.3 Å². The number of nitrogens with one attached hydrogen (secondary N) is 2. The van der Waals surface area contributed by atoms with Gasteiger partial charge in [0.1, 0.15) is 5.75 Å². The molecule has 19 heavy (non-hydrogen) atoms. The van der Waals surface area contributed by atoms with Crippen molar-refractivity contribution in [3.8, 4) is 5.75 Å². The predicted molar refractivity (Wildman–Crippen MR) is 78.1 cm³/mol. The van der Waals surface area contributed by atoms with Gasteiger partial charge in [0.05, 0.1) is 12.5 Å². The summed E-state index contributed by atoms with van der Waals surface area (Å²) in [6.07, 6.45) is 0.754. The lowest BCUT2D eigenvalue weighted by atomic mass is 9.92. The van der Waals surface area contributed by atoms with Crippen molar-refractivity contribution in [1.82, 2.24) is 10.6 Å². The second kappa shape index (κ2) is 8.02. The average molecular weight is 285 g/mol. The first kappa shape index (κ1) is 15.8. The van der Waals surface area contributed by atoms with Crippen molar-refractivity contribution < 1.29 is 9.53 Å². The van der Waals surface area contributed by atoms with E-state index in [4.69, 9.17) is 4.74 Å². The molecule has 1 amide bonds. The number of carbonyl (C=O) groups is 1. The highest BCUT2D eigenvalue weighted by atomic mass is 35.5. The summed E-state index contributed by atoms with van der Waals surface area (Å²) in [6, 6.07) is 7.78. The molecule has 4 nitrogen and oxygen atoms in total. The third-order valence-electron chi connectivity index (χ3n) is 3.13. The number of hydrogen-bond acceptors (Lipinski definition) is 3. The van der Waals surface area contributed by atoms with Crippen LogP contribution in [0.1, 0.15) is 24.8 Å². The van der Waals surface area contributed by atoms with Crippen LogP contribution in [0.4, 0.5) is 0 Å². The predicted octanol–water partition coefficient (Wildman–Crippen LogP) is 1.70. The van der Waals surface area contributed by atoms with E-state index in [1.165, 1.54) is 0 Å². The molecule has 1 aliphatic heterocycles. The van der Waals surface area contributed by atoms with Gasteiger partial charge in [0, 0.05) is 18.7 Å². The van der Waals surface area contributed by atoms with Crippen LogP contribution >= 0.6 is 12.4 Å². The molecular formula is C14H21ClN2O2. The van der Waals surface area contributed by atoms with Gasteiger partial charge in [0.15, 0.2) is 0 Å². The van der Waals surface area contributed by atoms with E-state index in [0.717, 1.165) is 30.8 Å². The molecule has 0 saturated carbocycles. The van der Waals surface area contributed by atoms with Crippen molar-refractivity contribution in [2.75, 3.05) is 26.2 Å². The normalized spacial score (nSPS) is 16.8. The molecule has 2 rings (SSSR count). The Kier molecular flexibility index (Phi) is 6.67. The largest absolute Gasteiger partial charge is 0.493 e. The lowest BCUT2D eigenvalue weighted by Crippen LogP contribution is -2.36. The van der Waals surface area contributed by atoms with Gasteiger partial charge in [-0.3, -0.25) is 4.79 Å². The number of amides is 1. The highest BCUT2D eigenvalue weighted by Crippen LogP contribution is 2.33.